The number of hydrogen-bond acceptors (Lipinski definition) is 2. The van der Waals surface area contributed by atoms with E-state index in [1.807, 2.05) is 54.0 Å². The number of rotatable bonds is 5. The Morgan fingerprint density at radius 2 is 1.83 bits per heavy atom. The number of nitrogens with one attached hydrogen (secondary N) is 1. The summed E-state index contributed by atoms with van der Waals surface area (Å²) in [5, 5.41) is 2.91. The molecular weight excluding hydrogens is 286 g/mol. The molecule has 0 aliphatic heterocycles. The van der Waals surface area contributed by atoms with Crippen molar-refractivity contribution in [3.63, 3.8) is 0 Å². The molecule has 1 heterocycles. The van der Waals surface area contributed by atoms with Crippen molar-refractivity contribution in [3.05, 3.63) is 83.9 Å². The van der Waals surface area contributed by atoms with E-state index in [1.54, 1.807) is 12.5 Å². The number of aryl methyl sites for hydroxylation is 1. The van der Waals surface area contributed by atoms with Gasteiger partial charge in [0.2, 0.25) is 0 Å². The topological polar surface area (TPSA) is 46.9 Å². The highest BCUT2D eigenvalue weighted by molar-refractivity contribution is 5.92. The summed E-state index contributed by atoms with van der Waals surface area (Å²) in [6.45, 7) is 2.64. The van der Waals surface area contributed by atoms with Crippen LogP contribution in [0.4, 0.5) is 0 Å². The molecule has 0 aliphatic carbocycles. The van der Waals surface area contributed by atoms with Crippen LogP contribution in [0.15, 0.2) is 67.1 Å². The number of imidazole rings is 1. The monoisotopic (exact) mass is 305 g/mol. The first-order chi connectivity index (χ1) is 11.2. The summed E-state index contributed by atoms with van der Waals surface area (Å²) < 4.78 is 1.85. The van der Waals surface area contributed by atoms with Gasteiger partial charge in [0, 0.05) is 18.4 Å². The predicted octanol–water partition coefficient (Wildman–Crippen LogP) is 3.15. The Morgan fingerprint density at radius 3 is 2.57 bits per heavy atom. The number of aromatic nitrogens is 2. The van der Waals surface area contributed by atoms with Crippen molar-refractivity contribution in [2.45, 2.75) is 13.3 Å². The van der Waals surface area contributed by atoms with Gasteiger partial charge in [0.15, 0.2) is 0 Å². The minimum Gasteiger partial charge on any atom is -0.350 e. The summed E-state index contributed by atoms with van der Waals surface area (Å²) in [4.78, 5) is 16.3. The Bertz CT molecular complexity index is 776. The summed E-state index contributed by atoms with van der Waals surface area (Å²) in [7, 11) is 0. The summed E-state index contributed by atoms with van der Waals surface area (Å²) in [5.41, 5.74) is 3.83. The average Bonchev–Trinajstić information content (AvgIpc) is 3.06. The van der Waals surface area contributed by atoms with Crippen LogP contribution in [0.2, 0.25) is 0 Å². The van der Waals surface area contributed by atoms with Crippen LogP contribution in [0, 0.1) is 6.92 Å². The van der Waals surface area contributed by atoms with Crippen molar-refractivity contribution in [1.82, 2.24) is 14.9 Å². The Hall–Kier alpha value is -2.88. The van der Waals surface area contributed by atoms with E-state index in [9.17, 15) is 4.79 Å². The number of amides is 1. The van der Waals surface area contributed by atoms with Gasteiger partial charge in [-0.25, -0.2) is 4.98 Å². The Balaban J connectivity index is 1.59. The van der Waals surface area contributed by atoms with Crippen molar-refractivity contribution >= 4 is 5.91 Å². The minimum absolute atomic E-state index is 0.146. The Kier molecular flexibility index (Phi) is 4.52. The van der Waals surface area contributed by atoms with Crippen LogP contribution in [-0.4, -0.2) is 22.0 Å². The number of carbonyl (C=O) groups is 1. The van der Waals surface area contributed by atoms with Crippen LogP contribution in [0.5, 0.6) is 0 Å². The van der Waals surface area contributed by atoms with Crippen molar-refractivity contribution in [2.75, 3.05) is 6.54 Å². The van der Waals surface area contributed by atoms with Crippen LogP contribution in [0.25, 0.3) is 5.69 Å². The zero-order valence-corrected chi connectivity index (χ0v) is 13.1. The lowest BCUT2D eigenvalue weighted by Crippen LogP contribution is -2.25. The molecule has 3 aromatic rings. The third-order valence-corrected chi connectivity index (χ3v) is 3.69. The van der Waals surface area contributed by atoms with E-state index in [-0.39, 0.29) is 5.91 Å². The van der Waals surface area contributed by atoms with E-state index in [4.69, 9.17) is 0 Å². The highest BCUT2D eigenvalue weighted by atomic mass is 16.1. The maximum absolute atomic E-state index is 12.1. The predicted molar refractivity (Wildman–Crippen MR) is 90.8 cm³/mol. The van der Waals surface area contributed by atoms with Gasteiger partial charge in [0.1, 0.15) is 12.0 Å². The first-order valence-electron chi connectivity index (χ1n) is 7.65. The fourth-order valence-electron chi connectivity index (χ4n) is 2.35. The van der Waals surface area contributed by atoms with Gasteiger partial charge in [0.05, 0.1) is 0 Å². The maximum atomic E-state index is 12.1. The van der Waals surface area contributed by atoms with E-state index in [0.717, 1.165) is 12.1 Å². The molecule has 0 fully saturated rings. The second kappa shape index (κ2) is 6.92. The summed E-state index contributed by atoms with van der Waals surface area (Å²) in [6.07, 6.45) is 4.23. The lowest BCUT2D eigenvalue weighted by molar-refractivity contribution is 0.0949. The molecule has 0 radical (unpaired) electrons. The van der Waals surface area contributed by atoms with Gasteiger partial charge in [-0.3, -0.25) is 4.79 Å². The molecule has 0 saturated carbocycles. The number of hydrogen-bond donors (Lipinski definition) is 1. The number of nitrogens with zero attached hydrogens (tertiary/aromatic N) is 2. The van der Waals surface area contributed by atoms with Crippen molar-refractivity contribution in [3.8, 4) is 5.69 Å². The van der Waals surface area contributed by atoms with E-state index in [2.05, 4.69) is 22.4 Å². The van der Waals surface area contributed by atoms with Crippen LogP contribution >= 0.6 is 0 Å². The molecule has 0 bridgehead atoms. The summed E-state index contributed by atoms with van der Waals surface area (Å²) >= 11 is 0. The third kappa shape index (κ3) is 3.86. The molecule has 3 rings (SSSR count). The molecule has 1 aromatic heterocycles. The summed E-state index contributed by atoms with van der Waals surface area (Å²) in [6, 6.07) is 18.2. The first kappa shape index (κ1) is 15.0. The fraction of sp³-hybridized carbons (Fsp3) is 0.158. The van der Waals surface area contributed by atoms with Gasteiger partial charge in [-0.1, -0.05) is 48.0 Å². The zero-order valence-electron chi connectivity index (χ0n) is 13.1. The molecule has 4 nitrogen and oxygen atoms in total. The van der Waals surface area contributed by atoms with Gasteiger partial charge in [0.25, 0.3) is 5.91 Å². The number of carbonyl (C=O) groups excluding carboxylic acids is 1. The quantitative estimate of drug-likeness (QED) is 0.787. The van der Waals surface area contributed by atoms with E-state index in [0.29, 0.717) is 12.2 Å². The number of benzene rings is 2. The zero-order chi connectivity index (χ0) is 16.1. The lowest BCUT2D eigenvalue weighted by atomic mass is 10.1. The average molecular weight is 305 g/mol. The van der Waals surface area contributed by atoms with Crippen LogP contribution < -0.4 is 5.32 Å². The normalized spacial score (nSPS) is 10.5. The first-order valence-corrected chi connectivity index (χ1v) is 7.65. The fourth-order valence-corrected chi connectivity index (χ4v) is 2.35. The minimum atomic E-state index is -0.146. The molecule has 116 valence electrons. The molecule has 4 heteroatoms. The molecule has 0 spiro atoms. The standard InChI is InChI=1S/C19H19N3O/c1-15-7-9-17(10-8-15)22-13-18(21-14-22)19(23)20-12-11-16-5-3-2-4-6-16/h2-10,13-14H,11-12H2,1H3,(H,20,23). The molecule has 0 aliphatic rings. The molecule has 23 heavy (non-hydrogen) atoms. The van der Waals surface area contributed by atoms with Crippen LogP contribution in [0.3, 0.4) is 0 Å². The van der Waals surface area contributed by atoms with Crippen molar-refractivity contribution in [1.29, 1.82) is 0 Å². The van der Waals surface area contributed by atoms with E-state index >= 15 is 0 Å². The highest BCUT2D eigenvalue weighted by Crippen LogP contribution is 2.10. The van der Waals surface area contributed by atoms with Gasteiger partial charge >= 0.3 is 0 Å². The highest BCUT2D eigenvalue weighted by Gasteiger charge is 2.09. The molecule has 0 unspecified atom stereocenters. The van der Waals surface area contributed by atoms with Crippen LogP contribution in [-0.2, 0) is 6.42 Å². The molecular formula is C19H19N3O. The smallest absolute Gasteiger partial charge is 0.271 e. The van der Waals surface area contributed by atoms with Crippen LogP contribution in [0.1, 0.15) is 21.6 Å². The summed E-state index contributed by atoms with van der Waals surface area (Å²) in [5.74, 6) is -0.146. The Morgan fingerprint density at radius 1 is 1.09 bits per heavy atom. The van der Waals surface area contributed by atoms with Gasteiger partial charge in [-0.05, 0) is 31.0 Å². The maximum Gasteiger partial charge on any atom is 0.271 e. The molecule has 0 atom stereocenters. The van der Waals surface area contributed by atoms with Gasteiger partial charge in [-0.2, -0.15) is 0 Å². The molecule has 1 amide bonds. The van der Waals surface area contributed by atoms with Gasteiger partial charge < -0.3 is 9.88 Å². The van der Waals surface area contributed by atoms with E-state index in [1.165, 1.54) is 11.1 Å². The van der Waals surface area contributed by atoms with Crippen molar-refractivity contribution in [2.24, 2.45) is 0 Å². The third-order valence-electron chi connectivity index (χ3n) is 3.69. The Labute approximate surface area is 135 Å². The second-order valence-electron chi connectivity index (χ2n) is 5.49. The van der Waals surface area contributed by atoms with E-state index < -0.39 is 0 Å². The molecule has 0 saturated heterocycles. The van der Waals surface area contributed by atoms with Gasteiger partial charge in [-0.15, -0.1) is 0 Å². The van der Waals surface area contributed by atoms with Crippen molar-refractivity contribution < 1.29 is 4.79 Å². The second-order valence-corrected chi connectivity index (χ2v) is 5.49. The lowest BCUT2D eigenvalue weighted by Gasteiger charge is -2.04. The SMILES string of the molecule is Cc1ccc(-n2cnc(C(=O)NCCc3ccccc3)c2)cc1. The largest absolute Gasteiger partial charge is 0.350 e. The molecule has 1 N–H and O–H groups in total. The molecule has 2 aromatic carbocycles.